The number of anilines is 3. The number of thiophene rings is 1. The van der Waals surface area contributed by atoms with Crippen LogP contribution in [0.3, 0.4) is 0 Å². The summed E-state index contributed by atoms with van der Waals surface area (Å²) in [5.41, 5.74) is 8.14. The summed E-state index contributed by atoms with van der Waals surface area (Å²) < 4.78 is 10.6. The highest BCUT2D eigenvalue weighted by molar-refractivity contribution is 7.26. The molecule has 2 heteroatoms. The molecule has 0 spiro atoms. The van der Waals surface area contributed by atoms with E-state index in [0.29, 0.717) is 6.04 Å². The lowest BCUT2D eigenvalue weighted by molar-refractivity contribution is 1.30. The molecule has 0 N–H and O–H groups in total. The van der Waals surface area contributed by atoms with E-state index in [2.05, 4.69) is 175 Å². The standard InChI is InChI=1S/C48H31NS/c1-2-11-35-29-38(21-19-32(35)9-1)36-12-7-13-41(31-36)49(46-17-8-16-45-44-15-5-6-18-47(44)50-48(45)46)40-26-23-33(24-27-40)37-25-28-43-39(30-37)22-20-34-10-3-4-14-42(34)43/h1-31H/i3D. The van der Waals surface area contributed by atoms with Gasteiger partial charge in [0.05, 0.1) is 11.8 Å². The molecular formula is C48H31NS. The van der Waals surface area contributed by atoms with Crippen LogP contribution in [0.2, 0.25) is 0 Å². The zero-order valence-corrected chi connectivity index (χ0v) is 28.0. The maximum atomic E-state index is 8.03. The van der Waals surface area contributed by atoms with Gasteiger partial charge in [-0.1, -0.05) is 140 Å². The van der Waals surface area contributed by atoms with Gasteiger partial charge in [-0.3, -0.25) is 0 Å². The Labute approximate surface area is 296 Å². The normalized spacial score (nSPS) is 11.9. The van der Waals surface area contributed by atoms with E-state index in [1.807, 2.05) is 23.5 Å². The monoisotopic (exact) mass is 654 g/mol. The van der Waals surface area contributed by atoms with E-state index in [0.717, 1.165) is 16.8 Å². The van der Waals surface area contributed by atoms with Crippen molar-refractivity contribution in [1.29, 1.82) is 0 Å². The SMILES string of the molecule is [2H]c1ccc2c(ccc3cc(-c4ccc(N(c5cccc(-c6ccc7ccccc7c6)c5)c5cccc6c5sc5ccccc56)cc4)ccc32)c1. The molecule has 1 heterocycles. The maximum Gasteiger partial charge on any atom is 0.0640 e. The number of benzene rings is 9. The highest BCUT2D eigenvalue weighted by atomic mass is 32.1. The van der Waals surface area contributed by atoms with E-state index >= 15 is 0 Å². The molecule has 0 aliphatic heterocycles. The minimum atomic E-state index is 0.539. The fraction of sp³-hybridized carbons (Fsp3) is 0. The third-order valence-electron chi connectivity index (χ3n) is 9.95. The molecule has 50 heavy (non-hydrogen) atoms. The molecule has 0 atom stereocenters. The molecule has 1 nitrogen and oxygen atoms in total. The number of rotatable bonds is 5. The van der Waals surface area contributed by atoms with Crippen LogP contribution in [-0.2, 0) is 0 Å². The van der Waals surface area contributed by atoms with Crippen LogP contribution in [0.5, 0.6) is 0 Å². The Bertz CT molecular complexity index is 2940. The van der Waals surface area contributed by atoms with Crippen molar-refractivity contribution in [3.8, 4) is 22.3 Å². The van der Waals surface area contributed by atoms with E-state index in [9.17, 15) is 0 Å². The van der Waals surface area contributed by atoms with Gasteiger partial charge in [-0.05, 0) is 103 Å². The van der Waals surface area contributed by atoms with Crippen LogP contribution < -0.4 is 4.90 Å². The van der Waals surface area contributed by atoms with Gasteiger partial charge in [0.1, 0.15) is 0 Å². The van der Waals surface area contributed by atoms with Crippen LogP contribution in [0.15, 0.2) is 188 Å². The Kier molecular flexibility index (Phi) is 6.50. The first-order valence-corrected chi connectivity index (χ1v) is 17.8. The summed E-state index contributed by atoms with van der Waals surface area (Å²) in [6.45, 7) is 0. The van der Waals surface area contributed by atoms with E-state index in [1.54, 1.807) is 0 Å². The molecule has 0 fully saturated rings. The number of nitrogens with zero attached hydrogens (tertiary/aromatic N) is 1. The summed E-state index contributed by atoms with van der Waals surface area (Å²) in [6.07, 6.45) is 0. The zero-order chi connectivity index (χ0) is 33.9. The van der Waals surface area contributed by atoms with Crippen molar-refractivity contribution in [1.82, 2.24) is 0 Å². The first-order valence-electron chi connectivity index (χ1n) is 17.5. The Hall–Kier alpha value is -6.22. The Morgan fingerprint density at radius 2 is 1.04 bits per heavy atom. The lowest BCUT2D eigenvalue weighted by Crippen LogP contribution is -2.10. The molecular weight excluding hydrogens is 623 g/mol. The third-order valence-corrected chi connectivity index (χ3v) is 11.2. The van der Waals surface area contributed by atoms with Crippen LogP contribution in [0.1, 0.15) is 1.37 Å². The summed E-state index contributed by atoms with van der Waals surface area (Å²) in [5, 5.41) is 9.76. The van der Waals surface area contributed by atoms with Crippen LogP contribution >= 0.6 is 11.3 Å². The minimum Gasteiger partial charge on any atom is -0.309 e. The molecule has 9 aromatic carbocycles. The first kappa shape index (κ1) is 27.7. The van der Waals surface area contributed by atoms with E-state index < -0.39 is 0 Å². The van der Waals surface area contributed by atoms with Gasteiger partial charge in [-0.15, -0.1) is 11.3 Å². The fourth-order valence-electron chi connectivity index (χ4n) is 7.46. The highest BCUT2D eigenvalue weighted by Crippen LogP contribution is 2.45. The molecule has 1 aromatic heterocycles. The van der Waals surface area contributed by atoms with Crippen LogP contribution in [0.25, 0.3) is 74.7 Å². The van der Waals surface area contributed by atoms with Crippen molar-refractivity contribution in [3.63, 3.8) is 0 Å². The van der Waals surface area contributed by atoms with Crippen LogP contribution in [0.4, 0.5) is 17.1 Å². The molecule has 234 valence electrons. The highest BCUT2D eigenvalue weighted by Gasteiger charge is 2.19. The second-order valence-electron chi connectivity index (χ2n) is 12.9. The lowest BCUT2D eigenvalue weighted by Gasteiger charge is -2.27. The molecule has 0 aliphatic carbocycles. The first-order chi connectivity index (χ1) is 25.2. The second kappa shape index (κ2) is 11.7. The predicted octanol–water partition coefficient (Wildman–Crippen LogP) is 14.3. The van der Waals surface area contributed by atoms with Gasteiger partial charge < -0.3 is 4.90 Å². The second-order valence-corrected chi connectivity index (χ2v) is 13.9. The molecule has 0 bridgehead atoms. The maximum absolute atomic E-state index is 8.03. The summed E-state index contributed by atoms with van der Waals surface area (Å²) >= 11 is 1.86. The quantitative estimate of drug-likeness (QED) is 0.167. The van der Waals surface area contributed by atoms with Crippen LogP contribution in [0, 0.1) is 0 Å². The van der Waals surface area contributed by atoms with Crippen LogP contribution in [-0.4, -0.2) is 0 Å². The van der Waals surface area contributed by atoms with E-state index in [1.165, 1.54) is 75.0 Å². The summed E-state index contributed by atoms with van der Waals surface area (Å²) in [7, 11) is 0. The lowest BCUT2D eigenvalue weighted by atomic mass is 9.97. The van der Waals surface area contributed by atoms with E-state index in [4.69, 9.17) is 1.37 Å². The van der Waals surface area contributed by atoms with Crippen molar-refractivity contribution >= 4 is 80.9 Å². The zero-order valence-electron chi connectivity index (χ0n) is 28.2. The van der Waals surface area contributed by atoms with Gasteiger partial charge in [0.15, 0.2) is 0 Å². The largest absolute Gasteiger partial charge is 0.309 e. The van der Waals surface area contributed by atoms with Crippen molar-refractivity contribution in [2.45, 2.75) is 0 Å². The molecule has 0 amide bonds. The Morgan fingerprint density at radius 1 is 0.380 bits per heavy atom. The molecule has 10 aromatic rings. The van der Waals surface area contributed by atoms with Gasteiger partial charge in [-0.2, -0.15) is 0 Å². The summed E-state index contributed by atoms with van der Waals surface area (Å²) in [5.74, 6) is 0. The van der Waals surface area contributed by atoms with Crippen molar-refractivity contribution in [2.75, 3.05) is 4.90 Å². The molecule has 10 rings (SSSR count). The number of fused-ring (bicyclic) bond motifs is 7. The predicted molar refractivity (Wildman–Crippen MR) is 217 cm³/mol. The van der Waals surface area contributed by atoms with E-state index in [-0.39, 0.29) is 0 Å². The smallest absolute Gasteiger partial charge is 0.0640 e. The van der Waals surface area contributed by atoms with Crippen molar-refractivity contribution in [3.05, 3.63) is 188 Å². The van der Waals surface area contributed by atoms with Gasteiger partial charge >= 0.3 is 0 Å². The fourth-order valence-corrected chi connectivity index (χ4v) is 8.67. The molecule has 0 saturated heterocycles. The Morgan fingerprint density at radius 3 is 1.98 bits per heavy atom. The molecule has 0 saturated carbocycles. The van der Waals surface area contributed by atoms with Crippen molar-refractivity contribution in [2.24, 2.45) is 0 Å². The van der Waals surface area contributed by atoms with Gasteiger partial charge in [0.25, 0.3) is 0 Å². The van der Waals surface area contributed by atoms with Gasteiger partial charge in [0.2, 0.25) is 0 Å². The molecule has 0 unspecified atom stereocenters. The van der Waals surface area contributed by atoms with Gasteiger partial charge in [-0.25, -0.2) is 0 Å². The van der Waals surface area contributed by atoms with Crippen molar-refractivity contribution < 1.29 is 1.37 Å². The summed E-state index contributed by atoms with van der Waals surface area (Å²) in [6, 6.07) is 66.1. The minimum absolute atomic E-state index is 0.539. The number of hydrogen-bond donors (Lipinski definition) is 0. The van der Waals surface area contributed by atoms with Gasteiger partial charge in [0, 0.05) is 26.8 Å². The Balaban J connectivity index is 1.10. The number of hydrogen-bond acceptors (Lipinski definition) is 2. The average Bonchev–Trinajstić information content (AvgIpc) is 3.57. The topological polar surface area (TPSA) is 3.24 Å². The molecule has 0 radical (unpaired) electrons. The average molecular weight is 655 g/mol. The third kappa shape index (κ3) is 4.84. The molecule has 0 aliphatic rings. The summed E-state index contributed by atoms with van der Waals surface area (Å²) in [4.78, 5) is 2.42.